The molecule has 1 aromatic rings. The molecule has 13 heavy (non-hydrogen) atoms. The number of halogens is 1. The lowest BCUT2D eigenvalue weighted by Gasteiger charge is -2.06. The number of rotatable bonds is 2. The fraction of sp³-hybridized carbons (Fsp3) is 0.222. The van der Waals surface area contributed by atoms with Crippen LogP contribution in [0.25, 0.3) is 0 Å². The van der Waals surface area contributed by atoms with Crippen molar-refractivity contribution in [2.75, 3.05) is 7.11 Å². The lowest BCUT2D eigenvalue weighted by atomic mass is 10.1. The third-order valence-electron chi connectivity index (χ3n) is 1.72. The summed E-state index contributed by atoms with van der Waals surface area (Å²) in [5.74, 6) is 0.496. The Morgan fingerprint density at radius 3 is 2.77 bits per heavy atom. The van der Waals surface area contributed by atoms with Crippen molar-refractivity contribution in [1.82, 2.24) is 0 Å². The maximum atomic E-state index is 8.76. The molecule has 0 aliphatic carbocycles. The zero-order valence-electron chi connectivity index (χ0n) is 7.17. The van der Waals surface area contributed by atoms with Crippen molar-refractivity contribution in [3.8, 4) is 11.8 Å². The van der Waals surface area contributed by atoms with E-state index in [2.05, 4.69) is 0 Å². The number of nitriles is 1. The van der Waals surface area contributed by atoms with Gasteiger partial charge in [0.1, 0.15) is 5.75 Å². The number of methoxy groups -OCH3 is 1. The molecular formula is C9H9ClN2O. The van der Waals surface area contributed by atoms with Crippen LogP contribution in [-0.2, 0) is 6.54 Å². The summed E-state index contributed by atoms with van der Waals surface area (Å²) in [6.07, 6.45) is 0. The Hall–Kier alpha value is -1.24. The standard InChI is InChI=1S/C9H9ClN2O/c1-13-9-3-7(5-12)6(4-11)2-8(9)10/h2-3H,4,11H2,1H3. The molecule has 0 atom stereocenters. The van der Waals surface area contributed by atoms with Gasteiger partial charge in [-0.05, 0) is 17.7 Å². The van der Waals surface area contributed by atoms with E-state index < -0.39 is 0 Å². The van der Waals surface area contributed by atoms with Crippen LogP contribution in [0, 0.1) is 11.3 Å². The molecule has 0 saturated carbocycles. The summed E-state index contributed by atoms with van der Waals surface area (Å²) < 4.78 is 4.96. The predicted molar refractivity (Wildman–Crippen MR) is 50.6 cm³/mol. The second-order valence-electron chi connectivity index (χ2n) is 2.46. The molecule has 0 bridgehead atoms. The number of hydrogen-bond donors (Lipinski definition) is 1. The minimum absolute atomic E-state index is 0.298. The summed E-state index contributed by atoms with van der Waals surface area (Å²) in [5.41, 5.74) is 6.67. The van der Waals surface area contributed by atoms with Gasteiger partial charge in [-0.15, -0.1) is 0 Å². The Kier molecular flexibility index (Phi) is 3.13. The SMILES string of the molecule is COc1cc(C#N)c(CN)cc1Cl. The predicted octanol–water partition coefficient (Wildman–Crippen LogP) is 1.68. The van der Waals surface area contributed by atoms with Crippen LogP contribution in [0.3, 0.4) is 0 Å². The van der Waals surface area contributed by atoms with Gasteiger partial charge in [0.05, 0.1) is 23.8 Å². The Bertz CT molecular complexity index is 357. The van der Waals surface area contributed by atoms with Crippen molar-refractivity contribution < 1.29 is 4.74 Å². The highest BCUT2D eigenvalue weighted by atomic mass is 35.5. The Morgan fingerprint density at radius 2 is 2.31 bits per heavy atom. The Morgan fingerprint density at radius 1 is 1.62 bits per heavy atom. The summed E-state index contributed by atoms with van der Waals surface area (Å²) in [6, 6.07) is 5.27. The third-order valence-corrected chi connectivity index (χ3v) is 2.01. The number of benzene rings is 1. The zero-order chi connectivity index (χ0) is 9.84. The summed E-state index contributed by atoms with van der Waals surface area (Å²) in [4.78, 5) is 0. The quantitative estimate of drug-likeness (QED) is 0.783. The first-order valence-corrected chi connectivity index (χ1v) is 4.07. The van der Waals surface area contributed by atoms with Crippen molar-refractivity contribution in [2.45, 2.75) is 6.54 Å². The average molecular weight is 197 g/mol. The lowest BCUT2D eigenvalue weighted by molar-refractivity contribution is 0.414. The van der Waals surface area contributed by atoms with E-state index in [9.17, 15) is 0 Å². The van der Waals surface area contributed by atoms with Crippen LogP contribution in [0.1, 0.15) is 11.1 Å². The zero-order valence-corrected chi connectivity index (χ0v) is 7.93. The van der Waals surface area contributed by atoms with Gasteiger partial charge >= 0.3 is 0 Å². The van der Waals surface area contributed by atoms with Crippen LogP contribution in [0.15, 0.2) is 12.1 Å². The lowest BCUT2D eigenvalue weighted by Crippen LogP contribution is -2.00. The van der Waals surface area contributed by atoms with Crippen molar-refractivity contribution in [1.29, 1.82) is 5.26 Å². The second-order valence-corrected chi connectivity index (χ2v) is 2.87. The topological polar surface area (TPSA) is 59.0 Å². The van der Waals surface area contributed by atoms with Crippen LogP contribution in [-0.4, -0.2) is 7.11 Å². The fourth-order valence-corrected chi connectivity index (χ4v) is 1.29. The summed E-state index contributed by atoms with van der Waals surface area (Å²) in [5, 5.41) is 9.23. The van der Waals surface area contributed by atoms with Crippen LogP contribution in [0.5, 0.6) is 5.75 Å². The minimum Gasteiger partial charge on any atom is -0.495 e. The highest BCUT2D eigenvalue weighted by molar-refractivity contribution is 6.32. The van der Waals surface area contributed by atoms with Gasteiger partial charge < -0.3 is 10.5 Å². The monoisotopic (exact) mass is 196 g/mol. The van der Waals surface area contributed by atoms with Crippen molar-refractivity contribution in [2.24, 2.45) is 5.73 Å². The number of hydrogen-bond acceptors (Lipinski definition) is 3. The molecule has 2 N–H and O–H groups in total. The molecule has 68 valence electrons. The first-order valence-electron chi connectivity index (χ1n) is 3.69. The molecule has 0 aliphatic rings. The number of ether oxygens (including phenoxy) is 1. The molecule has 0 fully saturated rings. The first-order chi connectivity index (χ1) is 6.22. The molecule has 0 aromatic heterocycles. The van der Waals surface area contributed by atoms with E-state index in [0.29, 0.717) is 22.9 Å². The highest BCUT2D eigenvalue weighted by Crippen LogP contribution is 2.27. The molecule has 0 radical (unpaired) electrons. The Labute approximate surface area is 81.7 Å². The maximum Gasteiger partial charge on any atom is 0.138 e. The first kappa shape index (κ1) is 9.85. The summed E-state index contributed by atoms with van der Waals surface area (Å²) >= 11 is 5.85. The maximum absolute atomic E-state index is 8.76. The average Bonchev–Trinajstić information content (AvgIpc) is 2.17. The van der Waals surface area contributed by atoms with Crippen LogP contribution >= 0.6 is 11.6 Å². The number of nitrogens with zero attached hydrogens (tertiary/aromatic N) is 1. The van der Waals surface area contributed by atoms with E-state index in [1.807, 2.05) is 6.07 Å². The van der Waals surface area contributed by atoms with Gasteiger partial charge in [-0.2, -0.15) is 5.26 Å². The van der Waals surface area contributed by atoms with E-state index in [1.165, 1.54) is 7.11 Å². The van der Waals surface area contributed by atoms with Crippen LogP contribution < -0.4 is 10.5 Å². The van der Waals surface area contributed by atoms with E-state index in [0.717, 1.165) is 5.56 Å². The Balaban J connectivity index is 3.28. The van der Waals surface area contributed by atoms with Crippen LogP contribution in [0.4, 0.5) is 0 Å². The van der Waals surface area contributed by atoms with Crippen molar-refractivity contribution in [3.63, 3.8) is 0 Å². The molecule has 0 spiro atoms. The van der Waals surface area contributed by atoms with Gasteiger partial charge in [-0.3, -0.25) is 0 Å². The van der Waals surface area contributed by atoms with E-state index in [-0.39, 0.29) is 0 Å². The molecule has 0 unspecified atom stereocenters. The molecule has 1 rings (SSSR count). The van der Waals surface area contributed by atoms with Crippen molar-refractivity contribution in [3.05, 3.63) is 28.3 Å². The molecule has 0 aliphatic heterocycles. The molecule has 0 heterocycles. The van der Waals surface area contributed by atoms with E-state index >= 15 is 0 Å². The van der Waals surface area contributed by atoms with Gasteiger partial charge in [0.25, 0.3) is 0 Å². The van der Waals surface area contributed by atoms with Gasteiger partial charge in [0.2, 0.25) is 0 Å². The van der Waals surface area contributed by atoms with Gasteiger partial charge in [-0.25, -0.2) is 0 Å². The molecule has 1 aromatic carbocycles. The fourth-order valence-electron chi connectivity index (χ4n) is 1.02. The largest absolute Gasteiger partial charge is 0.495 e. The summed E-state index contributed by atoms with van der Waals surface area (Å²) in [7, 11) is 1.50. The van der Waals surface area contributed by atoms with Crippen molar-refractivity contribution >= 4 is 11.6 Å². The third kappa shape index (κ3) is 1.92. The molecule has 4 heteroatoms. The molecule has 0 amide bonds. The minimum atomic E-state index is 0.298. The van der Waals surface area contributed by atoms with Crippen LogP contribution in [0.2, 0.25) is 5.02 Å². The second kappa shape index (κ2) is 4.13. The molecule has 3 nitrogen and oxygen atoms in total. The normalized spacial score (nSPS) is 9.38. The van der Waals surface area contributed by atoms with E-state index in [4.69, 9.17) is 27.3 Å². The molecule has 0 saturated heterocycles. The van der Waals surface area contributed by atoms with Gasteiger partial charge in [0, 0.05) is 6.54 Å². The highest BCUT2D eigenvalue weighted by Gasteiger charge is 2.07. The van der Waals surface area contributed by atoms with E-state index in [1.54, 1.807) is 12.1 Å². The summed E-state index contributed by atoms with van der Waals surface area (Å²) in [6.45, 7) is 0.298. The van der Waals surface area contributed by atoms with Gasteiger partial charge in [-0.1, -0.05) is 11.6 Å². The number of nitrogens with two attached hydrogens (primary N) is 1. The van der Waals surface area contributed by atoms with Gasteiger partial charge in [0.15, 0.2) is 0 Å². The smallest absolute Gasteiger partial charge is 0.138 e. The molecular weight excluding hydrogens is 188 g/mol.